The normalized spacial score (nSPS) is 12.4. The molecule has 0 aromatic heterocycles. The van der Waals surface area contributed by atoms with Crippen LogP contribution >= 0.6 is 0 Å². The Morgan fingerprint density at radius 2 is 1.90 bits per heavy atom. The lowest BCUT2D eigenvalue weighted by Gasteiger charge is -2.15. The van der Waals surface area contributed by atoms with Crippen molar-refractivity contribution in [2.24, 2.45) is 5.73 Å². The van der Waals surface area contributed by atoms with Crippen molar-refractivity contribution in [1.82, 2.24) is 0 Å². The van der Waals surface area contributed by atoms with Gasteiger partial charge in [-0.1, -0.05) is 42.0 Å². The number of hydrogen-bond donors (Lipinski definition) is 1. The highest BCUT2D eigenvalue weighted by molar-refractivity contribution is 5.32. The van der Waals surface area contributed by atoms with Crippen LogP contribution in [0.15, 0.2) is 42.5 Å². The zero-order valence-electron chi connectivity index (χ0n) is 11.9. The van der Waals surface area contributed by atoms with E-state index in [4.69, 9.17) is 10.5 Å². The van der Waals surface area contributed by atoms with Gasteiger partial charge < -0.3 is 10.5 Å². The first-order valence-corrected chi connectivity index (χ1v) is 6.72. The third-order valence-corrected chi connectivity index (χ3v) is 3.34. The Hall–Kier alpha value is -1.71. The summed E-state index contributed by atoms with van der Waals surface area (Å²) in [4.78, 5) is 0. The van der Waals surface area contributed by atoms with E-state index in [1.165, 1.54) is 11.6 Å². The number of hydrogen-bond acceptors (Lipinski definition) is 2. The lowest BCUT2D eigenvalue weighted by Crippen LogP contribution is -2.18. The van der Waals surface area contributed by atoms with E-state index in [0.29, 0.717) is 12.2 Å². The zero-order chi connectivity index (χ0) is 14.5. The molecule has 0 saturated heterocycles. The summed E-state index contributed by atoms with van der Waals surface area (Å²) in [5.74, 6) is -0.243. The molecule has 2 aromatic rings. The van der Waals surface area contributed by atoms with Crippen molar-refractivity contribution in [3.05, 3.63) is 70.5 Å². The maximum atomic E-state index is 13.4. The van der Waals surface area contributed by atoms with Gasteiger partial charge in [0, 0.05) is 5.56 Å². The fourth-order valence-corrected chi connectivity index (χ4v) is 2.24. The third kappa shape index (κ3) is 3.65. The second-order valence-electron chi connectivity index (χ2n) is 5.07. The molecule has 1 atom stereocenters. The van der Waals surface area contributed by atoms with Gasteiger partial charge in [0.05, 0.1) is 19.3 Å². The van der Waals surface area contributed by atoms with Crippen LogP contribution in [0.1, 0.15) is 28.3 Å². The van der Waals surface area contributed by atoms with Gasteiger partial charge in [0.1, 0.15) is 5.82 Å². The van der Waals surface area contributed by atoms with Crippen LogP contribution < -0.4 is 5.73 Å². The van der Waals surface area contributed by atoms with Crippen molar-refractivity contribution in [2.75, 3.05) is 6.61 Å². The maximum absolute atomic E-state index is 13.4. The molecule has 3 heteroatoms. The first-order chi connectivity index (χ1) is 9.58. The summed E-state index contributed by atoms with van der Waals surface area (Å²) < 4.78 is 19.0. The van der Waals surface area contributed by atoms with E-state index in [1.54, 1.807) is 18.2 Å². The second-order valence-corrected chi connectivity index (χ2v) is 5.07. The average molecular weight is 273 g/mol. The Kier molecular flexibility index (Phi) is 4.88. The summed E-state index contributed by atoms with van der Waals surface area (Å²) in [5, 5.41) is 0. The highest BCUT2D eigenvalue weighted by atomic mass is 19.1. The maximum Gasteiger partial charge on any atom is 0.128 e. The van der Waals surface area contributed by atoms with Gasteiger partial charge in [-0.25, -0.2) is 4.39 Å². The molecule has 0 amide bonds. The molecular weight excluding hydrogens is 253 g/mol. The first-order valence-electron chi connectivity index (χ1n) is 6.72. The number of aryl methyl sites for hydroxylation is 2. The highest BCUT2D eigenvalue weighted by Crippen LogP contribution is 2.18. The second kappa shape index (κ2) is 6.64. The van der Waals surface area contributed by atoms with E-state index >= 15 is 0 Å². The van der Waals surface area contributed by atoms with E-state index in [9.17, 15) is 4.39 Å². The Morgan fingerprint density at radius 3 is 2.60 bits per heavy atom. The Balaban J connectivity index is 1.92. The predicted octanol–water partition coefficient (Wildman–Crippen LogP) is 3.66. The van der Waals surface area contributed by atoms with Crippen LogP contribution in [0.4, 0.5) is 4.39 Å². The Bertz CT molecular complexity index is 583. The topological polar surface area (TPSA) is 35.2 Å². The van der Waals surface area contributed by atoms with Crippen molar-refractivity contribution >= 4 is 0 Å². The molecule has 20 heavy (non-hydrogen) atoms. The van der Waals surface area contributed by atoms with E-state index in [0.717, 1.165) is 11.1 Å². The van der Waals surface area contributed by atoms with Gasteiger partial charge in [0.2, 0.25) is 0 Å². The van der Waals surface area contributed by atoms with Crippen molar-refractivity contribution < 1.29 is 9.13 Å². The smallest absolute Gasteiger partial charge is 0.128 e. The predicted molar refractivity (Wildman–Crippen MR) is 78.9 cm³/mol. The first kappa shape index (κ1) is 14.7. The number of ether oxygens (including phenoxy) is 1. The molecule has 0 spiro atoms. The summed E-state index contributed by atoms with van der Waals surface area (Å²) in [6.07, 6.45) is 0. The number of halogens is 1. The lowest BCUT2D eigenvalue weighted by molar-refractivity contribution is 0.105. The largest absolute Gasteiger partial charge is 0.375 e. The number of rotatable bonds is 5. The minimum absolute atomic E-state index is 0.192. The van der Waals surface area contributed by atoms with Gasteiger partial charge in [-0.05, 0) is 31.0 Å². The van der Waals surface area contributed by atoms with Crippen LogP contribution in [0.3, 0.4) is 0 Å². The summed E-state index contributed by atoms with van der Waals surface area (Å²) in [7, 11) is 0. The molecule has 2 rings (SSSR count). The van der Waals surface area contributed by atoms with E-state index in [2.05, 4.69) is 13.0 Å². The number of benzene rings is 2. The van der Waals surface area contributed by atoms with Crippen LogP contribution in [-0.4, -0.2) is 6.61 Å². The fourth-order valence-electron chi connectivity index (χ4n) is 2.24. The molecule has 0 aliphatic rings. The minimum Gasteiger partial charge on any atom is -0.375 e. The summed E-state index contributed by atoms with van der Waals surface area (Å²) >= 11 is 0. The molecule has 2 aromatic carbocycles. The third-order valence-electron chi connectivity index (χ3n) is 3.34. The van der Waals surface area contributed by atoms with E-state index in [-0.39, 0.29) is 18.5 Å². The fraction of sp³-hybridized carbons (Fsp3) is 0.294. The van der Waals surface area contributed by atoms with Crippen molar-refractivity contribution in [3.8, 4) is 0 Å². The quantitative estimate of drug-likeness (QED) is 0.902. The molecule has 0 fully saturated rings. The van der Waals surface area contributed by atoms with Gasteiger partial charge in [-0.2, -0.15) is 0 Å². The summed E-state index contributed by atoms with van der Waals surface area (Å²) in [5.41, 5.74) is 10.1. The van der Waals surface area contributed by atoms with Crippen LogP contribution in [-0.2, 0) is 11.3 Å². The van der Waals surface area contributed by atoms with Crippen LogP contribution in [0.5, 0.6) is 0 Å². The van der Waals surface area contributed by atoms with Crippen molar-refractivity contribution in [3.63, 3.8) is 0 Å². The van der Waals surface area contributed by atoms with E-state index in [1.807, 2.05) is 19.1 Å². The monoisotopic (exact) mass is 273 g/mol. The van der Waals surface area contributed by atoms with Crippen LogP contribution in [0, 0.1) is 19.7 Å². The van der Waals surface area contributed by atoms with E-state index < -0.39 is 0 Å². The molecule has 2 nitrogen and oxygen atoms in total. The molecule has 1 unspecified atom stereocenters. The Labute approximate surface area is 119 Å². The SMILES string of the molecule is Cc1ccc(C(N)COCc2ccccc2F)c(C)c1. The van der Waals surface area contributed by atoms with Gasteiger partial charge in [-0.3, -0.25) is 0 Å². The molecule has 0 aliphatic heterocycles. The van der Waals surface area contributed by atoms with Gasteiger partial charge >= 0.3 is 0 Å². The van der Waals surface area contributed by atoms with Crippen molar-refractivity contribution in [2.45, 2.75) is 26.5 Å². The molecule has 106 valence electrons. The Morgan fingerprint density at radius 1 is 1.15 bits per heavy atom. The minimum atomic E-state index is -0.243. The van der Waals surface area contributed by atoms with Gasteiger partial charge in [-0.15, -0.1) is 0 Å². The van der Waals surface area contributed by atoms with Crippen LogP contribution in [0.2, 0.25) is 0 Å². The number of nitrogens with two attached hydrogens (primary N) is 1. The molecule has 0 aliphatic carbocycles. The lowest BCUT2D eigenvalue weighted by atomic mass is 10.0. The van der Waals surface area contributed by atoms with Crippen LogP contribution in [0.25, 0.3) is 0 Å². The molecule has 0 saturated carbocycles. The average Bonchev–Trinajstić information content (AvgIpc) is 2.40. The molecular formula is C17H20FNO. The van der Waals surface area contributed by atoms with Crippen molar-refractivity contribution in [1.29, 1.82) is 0 Å². The molecule has 0 heterocycles. The summed E-state index contributed by atoms with van der Waals surface area (Å²) in [6, 6.07) is 12.6. The molecule has 0 bridgehead atoms. The standard InChI is InChI=1S/C17H20FNO/c1-12-7-8-15(13(2)9-12)17(19)11-20-10-14-5-3-4-6-16(14)18/h3-9,17H,10-11,19H2,1-2H3. The van der Waals surface area contributed by atoms with Gasteiger partial charge in [0.15, 0.2) is 0 Å². The zero-order valence-corrected chi connectivity index (χ0v) is 11.9. The molecule has 2 N–H and O–H groups in total. The highest BCUT2D eigenvalue weighted by Gasteiger charge is 2.10. The summed E-state index contributed by atoms with van der Waals surface area (Å²) in [6.45, 7) is 4.71. The molecule has 0 radical (unpaired) electrons. The van der Waals surface area contributed by atoms with Gasteiger partial charge in [0.25, 0.3) is 0 Å².